The van der Waals surface area contributed by atoms with Crippen molar-refractivity contribution in [3.05, 3.63) is 30.0 Å². The molecule has 108 valence electrons. The van der Waals surface area contributed by atoms with E-state index in [1.54, 1.807) is 18.2 Å². The second-order valence-corrected chi connectivity index (χ2v) is 4.48. The van der Waals surface area contributed by atoms with Crippen LogP contribution in [0.1, 0.15) is 23.2 Å². The van der Waals surface area contributed by atoms with Crippen LogP contribution < -0.4 is 11.1 Å². The fourth-order valence-corrected chi connectivity index (χ4v) is 1.92. The first kappa shape index (κ1) is 14.2. The van der Waals surface area contributed by atoms with Gasteiger partial charge in [-0.3, -0.25) is 4.79 Å². The standard InChI is InChI=1S/C13H14F3N3O/c14-13(15,16)4-1-5-18-12(20)10-7-19-11-6-8(17)2-3-9(10)11/h2-3,6-7,19H,1,4-5,17H2,(H,18,20). The van der Waals surface area contributed by atoms with E-state index in [1.165, 1.54) is 6.20 Å². The highest BCUT2D eigenvalue weighted by Gasteiger charge is 2.26. The fourth-order valence-electron chi connectivity index (χ4n) is 1.92. The maximum Gasteiger partial charge on any atom is 0.389 e. The average Bonchev–Trinajstić information content (AvgIpc) is 2.76. The van der Waals surface area contributed by atoms with Gasteiger partial charge in [0, 0.05) is 35.8 Å². The van der Waals surface area contributed by atoms with E-state index >= 15 is 0 Å². The third-order valence-electron chi connectivity index (χ3n) is 2.87. The number of H-pyrrole nitrogens is 1. The van der Waals surface area contributed by atoms with E-state index in [0.717, 1.165) is 0 Å². The van der Waals surface area contributed by atoms with Crippen LogP contribution in [-0.2, 0) is 0 Å². The Hall–Kier alpha value is -2.18. The Morgan fingerprint density at radius 2 is 2.10 bits per heavy atom. The Labute approximate surface area is 113 Å². The number of aromatic nitrogens is 1. The van der Waals surface area contributed by atoms with Gasteiger partial charge in [-0.15, -0.1) is 0 Å². The van der Waals surface area contributed by atoms with E-state index < -0.39 is 18.5 Å². The number of fused-ring (bicyclic) bond motifs is 1. The van der Waals surface area contributed by atoms with Gasteiger partial charge in [-0.1, -0.05) is 0 Å². The molecule has 1 heterocycles. The van der Waals surface area contributed by atoms with Crippen LogP contribution in [-0.4, -0.2) is 23.6 Å². The Kier molecular flexibility index (Phi) is 3.87. The summed E-state index contributed by atoms with van der Waals surface area (Å²) in [6.45, 7) is -0.0139. The molecule has 1 aromatic heterocycles. The second-order valence-electron chi connectivity index (χ2n) is 4.48. The molecule has 0 saturated carbocycles. The lowest BCUT2D eigenvalue weighted by Gasteiger charge is -2.07. The summed E-state index contributed by atoms with van der Waals surface area (Å²) in [5.74, 6) is -0.400. The zero-order chi connectivity index (χ0) is 14.8. The Balaban J connectivity index is 1.98. The third kappa shape index (κ3) is 3.43. The van der Waals surface area contributed by atoms with Gasteiger partial charge in [0.05, 0.1) is 5.56 Å². The van der Waals surface area contributed by atoms with Crippen molar-refractivity contribution in [2.75, 3.05) is 12.3 Å². The van der Waals surface area contributed by atoms with Crippen molar-refractivity contribution >= 4 is 22.5 Å². The number of hydrogen-bond acceptors (Lipinski definition) is 2. The maximum atomic E-state index is 12.0. The van der Waals surface area contributed by atoms with Gasteiger partial charge in [-0.05, 0) is 24.6 Å². The van der Waals surface area contributed by atoms with Crippen LogP contribution in [0, 0.1) is 0 Å². The number of carbonyl (C=O) groups excluding carboxylic acids is 1. The van der Waals surface area contributed by atoms with E-state index in [-0.39, 0.29) is 13.0 Å². The molecule has 0 saturated heterocycles. The molecule has 4 N–H and O–H groups in total. The molecule has 0 atom stereocenters. The van der Waals surface area contributed by atoms with Gasteiger partial charge in [0.1, 0.15) is 0 Å². The van der Waals surface area contributed by atoms with Crippen LogP contribution >= 0.6 is 0 Å². The number of halogens is 3. The average molecular weight is 285 g/mol. The number of hydrogen-bond donors (Lipinski definition) is 3. The maximum absolute atomic E-state index is 12.0. The summed E-state index contributed by atoms with van der Waals surface area (Å²) in [6, 6.07) is 5.05. The Morgan fingerprint density at radius 1 is 1.35 bits per heavy atom. The molecule has 0 spiro atoms. The topological polar surface area (TPSA) is 70.9 Å². The molecular weight excluding hydrogens is 271 g/mol. The number of nitrogens with two attached hydrogens (primary N) is 1. The summed E-state index contributed by atoms with van der Waals surface area (Å²) in [5, 5.41) is 3.16. The largest absolute Gasteiger partial charge is 0.399 e. The van der Waals surface area contributed by atoms with Gasteiger partial charge in [0.15, 0.2) is 0 Å². The molecule has 0 aliphatic heterocycles. The first-order valence-corrected chi connectivity index (χ1v) is 6.08. The number of amides is 1. The molecule has 2 aromatic rings. The van der Waals surface area contributed by atoms with E-state index in [4.69, 9.17) is 5.73 Å². The minimum Gasteiger partial charge on any atom is -0.399 e. The van der Waals surface area contributed by atoms with Gasteiger partial charge in [0.25, 0.3) is 5.91 Å². The first-order valence-electron chi connectivity index (χ1n) is 6.08. The molecule has 2 rings (SSSR count). The number of nitrogens with one attached hydrogen (secondary N) is 2. The predicted octanol–water partition coefficient (Wildman–Crippen LogP) is 2.82. The predicted molar refractivity (Wildman–Crippen MR) is 70.3 cm³/mol. The normalized spacial score (nSPS) is 11.8. The smallest absolute Gasteiger partial charge is 0.389 e. The molecule has 0 fully saturated rings. The SMILES string of the molecule is Nc1ccc2c(C(=O)NCCCC(F)(F)F)c[nH]c2c1. The van der Waals surface area contributed by atoms with Crippen LogP contribution in [0.2, 0.25) is 0 Å². The Morgan fingerprint density at radius 3 is 2.80 bits per heavy atom. The highest BCUT2D eigenvalue weighted by molar-refractivity contribution is 6.07. The van der Waals surface area contributed by atoms with Crippen molar-refractivity contribution in [1.29, 1.82) is 0 Å². The van der Waals surface area contributed by atoms with Crippen LogP contribution in [0.15, 0.2) is 24.4 Å². The van der Waals surface area contributed by atoms with Gasteiger partial charge in [-0.2, -0.15) is 13.2 Å². The monoisotopic (exact) mass is 285 g/mol. The number of aromatic amines is 1. The van der Waals surface area contributed by atoms with Crippen LogP contribution in [0.5, 0.6) is 0 Å². The number of anilines is 1. The molecule has 0 bridgehead atoms. The van der Waals surface area contributed by atoms with E-state index in [0.29, 0.717) is 22.2 Å². The van der Waals surface area contributed by atoms with Gasteiger partial charge < -0.3 is 16.0 Å². The molecule has 4 nitrogen and oxygen atoms in total. The highest BCUT2D eigenvalue weighted by atomic mass is 19.4. The number of nitrogen functional groups attached to an aromatic ring is 1. The molecule has 0 unspecified atom stereocenters. The van der Waals surface area contributed by atoms with Gasteiger partial charge in [-0.25, -0.2) is 0 Å². The summed E-state index contributed by atoms with van der Waals surface area (Å²) >= 11 is 0. The first-order chi connectivity index (χ1) is 9.37. The van der Waals surface area contributed by atoms with E-state index in [9.17, 15) is 18.0 Å². The summed E-state index contributed by atoms with van der Waals surface area (Å²) in [7, 11) is 0. The Bertz CT molecular complexity index is 619. The van der Waals surface area contributed by atoms with Crippen LogP contribution in [0.25, 0.3) is 10.9 Å². The van der Waals surface area contributed by atoms with Crippen molar-refractivity contribution in [3.8, 4) is 0 Å². The third-order valence-corrected chi connectivity index (χ3v) is 2.87. The zero-order valence-electron chi connectivity index (χ0n) is 10.6. The molecule has 7 heteroatoms. The van der Waals surface area contributed by atoms with Crippen molar-refractivity contribution in [2.45, 2.75) is 19.0 Å². The number of rotatable bonds is 4. The lowest BCUT2D eigenvalue weighted by molar-refractivity contribution is -0.135. The second kappa shape index (κ2) is 5.44. The van der Waals surface area contributed by atoms with Crippen molar-refractivity contribution in [1.82, 2.24) is 10.3 Å². The quantitative estimate of drug-likeness (QED) is 0.597. The van der Waals surface area contributed by atoms with Crippen LogP contribution in [0.4, 0.5) is 18.9 Å². The molecule has 0 aliphatic rings. The summed E-state index contributed by atoms with van der Waals surface area (Å²) in [5.41, 5.74) is 7.30. The fraction of sp³-hybridized carbons (Fsp3) is 0.308. The minimum absolute atomic E-state index is 0.0139. The molecule has 1 aromatic carbocycles. The summed E-state index contributed by atoms with van der Waals surface area (Å²) in [6.07, 6.45) is -3.71. The molecule has 0 aliphatic carbocycles. The van der Waals surface area contributed by atoms with Crippen LogP contribution in [0.3, 0.4) is 0 Å². The molecule has 1 amide bonds. The minimum atomic E-state index is -4.19. The van der Waals surface area contributed by atoms with Crippen molar-refractivity contribution in [2.24, 2.45) is 0 Å². The molecule has 0 radical (unpaired) electrons. The lowest BCUT2D eigenvalue weighted by Crippen LogP contribution is -2.25. The number of alkyl halides is 3. The van der Waals surface area contributed by atoms with E-state index in [2.05, 4.69) is 10.3 Å². The van der Waals surface area contributed by atoms with Crippen molar-refractivity contribution < 1.29 is 18.0 Å². The molecule has 20 heavy (non-hydrogen) atoms. The number of carbonyl (C=O) groups is 1. The molecular formula is C13H14F3N3O. The zero-order valence-corrected chi connectivity index (χ0v) is 10.6. The van der Waals surface area contributed by atoms with Gasteiger partial charge >= 0.3 is 6.18 Å². The number of benzene rings is 1. The van der Waals surface area contributed by atoms with E-state index in [1.807, 2.05) is 0 Å². The summed E-state index contributed by atoms with van der Waals surface area (Å²) < 4.78 is 35.9. The lowest BCUT2D eigenvalue weighted by atomic mass is 10.1. The van der Waals surface area contributed by atoms with Crippen molar-refractivity contribution in [3.63, 3.8) is 0 Å². The van der Waals surface area contributed by atoms with Gasteiger partial charge in [0.2, 0.25) is 0 Å². The highest BCUT2D eigenvalue weighted by Crippen LogP contribution is 2.22. The summed E-state index contributed by atoms with van der Waals surface area (Å²) in [4.78, 5) is 14.8.